The van der Waals surface area contributed by atoms with Gasteiger partial charge in [0, 0.05) is 22.3 Å². The summed E-state index contributed by atoms with van der Waals surface area (Å²) >= 11 is 0. The highest BCUT2D eigenvalue weighted by Gasteiger charge is 2.10. The number of aliphatic hydroxyl groups excluding tert-OH is 1. The Morgan fingerprint density at radius 3 is 2.17 bits per heavy atom. The SMILES string of the molecule is CC(C)S(=O)c1ccc(C(=O)NCCc2ccc(CO)cc2)cc1. The van der Waals surface area contributed by atoms with E-state index in [-0.39, 0.29) is 17.8 Å². The maximum Gasteiger partial charge on any atom is 0.251 e. The van der Waals surface area contributed by atoms with Crippen molar-refractivity contribution in [1.29, 1.82) is 0 Å². The van der Waals surface area contributed by atoms with Gasteiger partial charge in [-0.2, -0.15) is 0 Å². The Balaban J connectivity index is 1.86. The number of rotatable bonds is 7. The molecule has 0 saturated heterocycles. The number of hydrogen-bond acceptors (Lipinski definition) is 3. The van der Waals surface area contributed by atoms with Gasteiger partial charge in [0.2, 0.25) is 0 Å². The van der Waals surface area contributed by atoms with E-state index in [0.717, 1.165) is 22.4 Å². The zero-order valence-corrected chi connectivity index (χ0v) is 14.8. The zero-order chi connectivity index (χ0) is 17.5. The molecule has 24 heavy (non-hydrogen) atoms. The summed E-state index contributed by atoms with van der Waals surface area (Å²) in [5, 5.41) is 12.0. The minimum Gasteiger partial charge on any atom is -0.392 e. The van der Waals surface area contributed by atoms with E-state index in [0.29, 0.717) is 12.1 Å². The number of carbonyl (C=O) groups is 1. The minimum absolute atomic E-state index is 0.0363. The standard InChI is InChI=1S/C19H23NO3S/c1-14(2)24(23)18-9-7-17(8-10-18)19(22)20-12-11-15-3-5-16(13-21)6-4-15/h3-10,14,21H,11-13H2,1-2H3,(H,20,22). The molecule has 0 bridgehead atoms. The van der Waals surface area contributed by atoms with Crippen LogP contribution in [0.5, 0.6) is 0 Å². The fraction of sp³-hybridized carbons (Fsp3) is 0.316. The van der Waals surface area contributed by atoms with E-state index in [9.17, 15) is 9.00 Å². The van der Waals surface area contributed by atoms with Crippen molar-refractivity contribution in [1.82, 2.24) is 5.32 Å². The molecule has 0 aromatic heterocycles. The van der Waals surface area contributed by atoms with Gasteiger partial charge in [-0.1, -0.05) is 38.1 Å². The zero-order valence-electron chi connectivity index (χ0n) is 14.0. The van der Waals surface area contributed by atoms with Crippen LogP contribution in [-0.2, 0) is 23.8 Å². The Morgan fingerprint density at radius 2 is 1.62 bits per heavy atom. The lowest BCUT2D eigenvalue weighted by atomic mass is 10.1. The first-order valence-corrected chi connectivity index (χ1v) is 9.20. The van der Waals surface area contributed by atoms with Gasteiger partial charge < -0.3 is 10.4 Å². The van der Waals surface area contributed by atoms with Crippen molar-refractivity contribution in [3.63, 3.8) is 0 Å². The number of benzene rings is 2. The van der Waals surface area contributed by atoms with Crippen LogP contribution in [-0.4, -0.2) is 27.0 Å². The van der Waals surface area contributed by atoms with Crippen LogP contribution < -0.4 is 5.32 Å². The number of hydrogen-bond donors (Lipinski definition) is 2. The molecule has 2 aromatic carbocycles. The molecule has 1 atom stereocenters. The highest BCUT2D eigenvalue weighted by molar-refractivity contribution is 7.85. The second-order valence-corrected chi connectivity index (χ2v) is 7.86. The summed E-state index contributed by atoms with van der Waals surface area (Å²) in [5.74, 6) is -0.135. The van der Waals surface area contributed by atoms with Gasteiger partial charge in [0.1, 0.15) is 0 Å². The molecule has 1 amide bonds. The van der Waals surface area contributed by atoms with Crippen molar-refractivity contribution in [2.45, 2.75) is 37.0 Å². The summed E-state index contributed by atoms with van der Waals surface area (Å²) < 4.78 is 12.0. The quantitative estimate of drug-likeness (QED) is 0.811. The molecule has 0 heterocycles. The Hall–Kier alpha value is -1.98. The molecule has 0 fully saturated rings. The summed E-state index contributed by atoms with van der Waals surface area (Å²) in [5.41, 5.74) is 2.55. The van der Waals surface area contributed by atoms with Crippen LogP contribution in [0.1, 0.15) is 35.3 Å². The molecular weight excluding hydrogens is 322 g/mol. The molecule has 5 heteroatoms. The van der Waals surface area contributed by atoms with Crippen LogP contribution in [0.2, 0.25) is 0 Å². The smallest absolute Gasteiger partial charge is 0.251 e. The molecule has 4 nitrogen and oxygen atoms in total. The van der Waals surface area contributed by atoms with E-state index >= 15 is 0 Å². The molecule has 0 saturated carbocycles. The molecule has 0 aliphatic rings. The first kappa shape index (κ1) is 18.4. The lowest BCUT2D eigenvalue weighted by Crippen LogP contribution is -2.25. The maximum absolute atomic E-state index is 12.1. The van der Waals surface area contributed by atoms with Gasteiger partial charge in [-0.05, 0) is 41.8 Å². The number of aliphatic hydroxyl groups is 1. The van der Waals surface area contributed by atoms with E-state index in [1.807, 2.05) is 38.1 Å². The molecule has 0 aliphatic heterocycles. The fourth-order valence-electron chi connectivity index (χ4n) is 2.25. The summed E-state index contributed by atoms with van der Waals surface area (Å²) in [6.07, 6.45) is 0.729. The Kier molecular flexibility index (Phi) is 6.70. The third-order valence-electron chi connectivity index (χ3n) is 3.68. The van der Waals surface area contributed by atoms with Crippen molar-refractivity contribution in [3.05, 3.63) is 65.2 Å². The number of amides is 1. The fourth-order valence-corrected chi connectivity index (χ4v) is 3.20. The van der Waals surface area contributed by atoms with Gasteiger partial charge >= 0.3 is 0 Å². The Labute approximate surface area is 145 Å². The molecule has 0 spiro atoms. The lowest BCUT2D eigenvalue weighted by molar-refractivity contribution is 0.0954. The minimum atomic E-state index is -1.04. The first-order valence-electron chi connectivity index (χ1n) is 7.98. The third-order valence-corrected chi connectivity index (χ3v) is 5.27. The monoisotopic (exact) mass is 345 g/mol. The topological polar surface area (TPSA) is 66.4 Å². The van der Waals surface area contributed by atoms with Crippen LogP contribution >= 0.6 is 0 Å². The van der Waals surface area contributed by atoms with Crippen molar-refractivity contribution in [2.24, 2.45) is 0 Å². The van der Waals surface area contributed by atoms with Crippen molar-refractivity contribution >= 4 is 16.7 Å². The van der Waals surface area contributed by atoms with Crippen LogP contribution in [0.25, 0.3) is 0 Å². The predicted molar refractivity (Wildman–Crippen MR) is 96.4 cm³/mol. The Morgan fingerprint density at radius 1 is 1.04 bits per heavy atom. The second-order valence-electron chi connectivity index (χ2n) is 5.85. The van der Waals surface area contributed by atoms with Crippen molar-refractivity contribution in [2.75, 3.05) is 6.54 Å². The van der Waals surface area contributed by atoms with Gasteiger partial charge in [0.25, 0.3) is 5.91 Å². The van der Waals surface area contributed by atoms with Gasteiger partial charge in [-0.15, -0.1) is 0 Å². The molecule has 2 rings (SSSR count). The van der Waals surface area contributed by atoms with E-state index in [4.69, 9.17) is 5.11 Å². The van der Waals surface area contributed by atoms with E-state index < -0.39 is 10.8 Å². The van der Waals surface area contributed by atoms with E-state index in [1.165, 1.54) is 0 Å². The summed E-state index contributed by atoms with van der Waals surface area (Å²) in [4.78, 5) is 12.9. The third kappa shape index (κ3) is 5.01. The van der Waals surface area contributed by atoms with Crippen molar-refractivity contribution in [3.8, 4) is 0 Å². The second kappa shape index (κ2) is 8.76. The molecule has 0 aliphatic carbocycles. The maximum atomic E-state index is 12.1. The molecular formula is C19H23NO3S. The average Bonchev–Trinajstić information content (AvgIpc) is 2.61. The van der Waals surface area contributed by atoms with Crippen LogP contribution in [0.4, 0.5) is 0 Å². The molecule has 2 aromatic rings. The molecule has 2 N–H and O–H groups in total. The van der Waals surface area contributed by atoms with Gasteiger partial charge in [0.15, 0.2) is 0 Å². The number of carbonyl (C=O) groups excluding carboxylic acids is 1. The predicted octanol–water partition coefficient (Wildman–Crippen LogP) is 2.67. The summed E-state index contributed by atoms with van der Waals surface area (Å²) in [7, 11) is -1.04. The van der Waals surface area contributed by atoms with Crippen LogP contribution in [0.15, 0.2) is 53.4 Å². The first-order chi connectivity index (χ1) is 11.5. The highest BCUT2D eigenvalue weighted by Crippen LogP contribution is 2.12. The van der Waals surface area contributed by atoms with E-state index in [1.54, 1.807) is 24.3 Å². The van der Waals surface area contributed by atoms with Gasteiger partial charge in [0.05, 0.1) is 17.4 Å². The largest absolute Gasteiger partial charge is 0.392 e. The summed E-state index contributed by atoms with van der Waals surface area (Å²) in [6, 6.07) is 14.6. The lowest BCUT2D eigenvalue weighted by Gasteiger charge is -2.08. The van der Waals surface area contributed by atoms with Crippen molar-refractivity contribution < 1.29 is 14.1 Å². The van der Waals surface area contributed by atoms with Crippen LogP contribution in [0, 0.1) is 0 Å². The van der Waals surface area contributed by atoms with Crippen LogP contribution in [0.3, 0.4) is 0 Å². The molecule has 1 unspecified atom stereocenters. The summed E-state index contributed by atoms with van der Waals surface area (Å²) in [6.45, 7) is 4.39. The number of nitrogens with one attached hydrogen (secondary N) is 1. The average molecular weight is 345 g/mol. The highest BCUT2D eigenvalue weighted by atomic mass is 32.2. The van der Waals surface area contributed by atoms with Gasteiger partial charge in [-0.3, -0.25) is 9.00 Å². The Bertz CT molecular complexity index is 694. The normalized spacial score (nSPS) is 12.2. The molecule has 128 valence electrons. The van der Waals surface area contributed by atoms with Gasteiger partial charge in [-0.25, -0.2) is 0 Å². The van der Waals surface area contributed by atoms with E-state index in [2.05, 4.69) is 5.32 Å². The molecule has 0 radical (unpaired) electrons.